The van der Waals surface area contributed by atoms with Crippen LogP contribution in [0.15, 0.2) is 47.3 Å². The van der Waals surface area contributed by atoms with E-state index in [2.05, 4.69) is 56.0 Å². The predicted molar refractivity (Wildman–Crippen MR) is 120 cm³/mol. The second kappa shape index (κ2) is 8.11. The first kappa shape index (κ1) is 19.8. The van der Waals surface area contributed by atoms with E-state index < -0.39 is 0 Å². The highest BCUT2D eigenvalue weighted by molar-refractivity contribution is 5.84. The largest absolute Gasteiger partial charge is 0.301 e. The third kappa shape index (κ3) is 4.13. The molecule has 2 aromatic carbocycles. The number of aryl methyl sites for hydroxylation is 2. The maximum Gasteiger partial charge on any atom is 0.261 e. The summed E-state index contributed by atoms with van der Waals surface area (Å²) in [4.78, 5) is 20.7. The van der Waals surface area contributed by atoms with Crippen LogP contribution in [0.3, 0.4) is 0 Å². The molecule has 0 unspecified atom stereocenters. The van der Waals surface area contributed by atoms with Crippen molar-refractivity contribution in [3.63, 3.8) is 0 Å². The lowest BCUT2D eigenvalue weighted by atomic mass is 9.96. The quantitative estimate of drug-likeness (QED) is 0.643. The van der Waals surface area contributed by atoms with E-state index in [1.54, 1.807) is 0 Å². The van der Waals surface area contributed by atoms with Gasteiger partial charge in [-0.15, -0.1) is 0 Å². The summed E-state index contributed by atoms with van der Waals surface area (Å²) >= 11 is 0. The van der Waals surface area contributed by atoms with Crippen LogP contribution in [0, 0.1) is 19.8 Å². The zero-order valence-electron chi connectivity index (χ0n) is 18.0. The maximum absolute atomic E-state index is 13.4. The van der Waals surface area contributed by atoms with E-state index in [1.807, 2.05) is 23.6 Å². The van der Waals surface area contributed by atoms with Crippen LogP contribution in [0.5, 0.6) is 0 Å². The lowest BCUT2D eigenvalue weighted by Crippen LogP contribution is -2.42. The number of likely N-dealkylation sites (tertiary alicyclic amines) is 1. The molecule has 0 bridgehead atoms. The van der Waals surface area contributed by atoms with Gasteiger partial charge in [-0.1, -0.05) is 35.9 Å². The van der Waals surface area contributed by atoms with Gasteiger partial charge in [-0.3, -0.25) is 9.36 Å². The summed E-state index contributed by atoms with van der Waals surface area (Å²) in [5.41, 5.74) is 4.29. The first-order valence-corrected chi connectivity index (χ1v) is 10.7. The summed E-state index contributed by atoms with van der Waals surface area (Å²) in [5.74, 6) is 1.31. The number of hydrogen-bond donors (Lipinski definition) is 0. The van der Waals surface area contributed by atoms with Crippen molar-refractivity contribution in [3.8, 4) is 11.1 Å². The van der Waals surface area contributed by atoms with E-state index >= 15 is 0 Å². The molecule has 0 aliphatic carbocycles. The van der Waals surface area contributed by atoms with E-state index in [0.717, 1.165) is 42.1 Å². The Morgan fingerprint density at radius 1 is 1.10 bits per heavy atom. The summed E-state index contributed by atoms with van der Waals surface area (Å²) in [6, 6.07) is 15.0. The van der Waals surface area contributed by atoms with Crippen LogP contribution < -0.4 is 5.56 Å². The fraction of sp³-hybridized carbons (Fsp3) is 0.440. The third-order valence-corrected chi connectivity index (χ3v) is 6.22. The molecule has 0 N–H and O–H groups in total. The number of piperidine rings is 1. The normalized spacial score (nSPS) is 17.9. The Morgan fingerprint density at radius 3 is 2.66 bits per heavy atom. The van der Waals surface area contributed by atoms with Gasteiger partial charge in [0.05, 0.1) is 10.9 Å². The predicted octanol–water partition coefficient (Wildman–Crippen LogP) is 4.80. The number of fused-ring (bicyclic) bond motifs is 1. The van der Waals surface area contributed by atoms with Gasteiger partial charge in [0.15, 0.2) is 0 Å². The first-order valence-electron chi connectivity index (χ1n) is 10.7. The van der Waals surface area contributed by atoms with Crippen molar-refractivity contribution in [1.29, 1.82) is 0 Å². The highest BCUT2D eigenvalue weighted by atomic mass is 16.1. The van der Waals surface area contributed by atoms with Crippen molar-refractivity contribution in [1.82, 2.24) is 14.5 Å². The van der Waals surface area contributed by atoms with Gasteiger partial charge in [-0.2, -0.15) is 0 Å². The first-order chi connectivity index (χ1) is 13.9. The summed E-state index contributed by atoms with van der Waals surface area (Å²) < 4.78 is 1.90. The van der Waals surface area contributed by atoms with Gasteiger partial charge in [0.1, 0.15) is 5.82 Å². The Kier molecular flexibility index (Phi) is 5.55. The lowest BCUT2D eigenvalue weighted by Gasteiger charge is -2.35. The molecule has 3 aromatic rings. The molecule has 0 radical (unpaired) electrons. The summed E-state index contributed by atoms with van der Waals surface area (Å²) in [6.45, 7) is 11.5. The lowest BCUT2D eigenvalue weighted by molar-refractivity contribution is 0.129. The van der Waals surface area contributed by atoms with Crippen LogP contribution in [0.2, 0.25) is 0 Å². The highest BCUT2D eigenvalue weighted by Crippen LogP contribution is 2.24. The van der Waals surface area contributed by atoms with Crippen LogP contribution in [-0.2, 0) is 6.54 Å². The van der Waals surface area contributed by atoms with Gasteiger partial charge in [-0.05, 0) is 76.3 Å². The molecule has 1 atom stereocenters. The van der Waals surface area contributed by atoms with Crippen molar-refractivity contribution in [2.24, 2.45) is 5.92 Å². The SMILES string of the molecule is Cc1cccc(-c2ccc3nc(C)n(C[C@H]4CCCN(C(C)C)C4)c(=O)c3c2)c1. The molecule has 4 nitrogen and oxygen atoms in total. The monoisotopic (exact) mass is 389 g/mol. The van der Waals surface area contributed by atoms with E-state index in [1.165, 1.54) is 18.4 Å². The molecule has 0 amide bonds. The minimum Gasteiger partial charge on any atom is -0.301 e. The molecule has 1 aliphatic rings. The van der Waals surface area contributed by atoms with Gasteiger partial charge in [0, 0.05) is 19.1 Å². The second-order valence-corrected chi connectivity index (χ2v) is 8.77. The van der Waals surface area contributed by atoms with Crippen molar-refractivity contribution in [2.75, 3.05) is 13.1 Å². The van der Waals surface area contributed by atoms with Crippen molar-refractivity contribution in [3.05, 3.63) is 64.2 Å². The molecule has 1 fully saturated rings. The molecular formula is C25H31N3O. The third-order valence-electron chi connectivity index (χ3n) is 6.22. The van der Waals surface area contributed by atoms with E-state index in [0.29, 0.717) is 17.3 Å². The molecule has 0 spiro atoms. The molecule has 2 heterocycles. The van der Waals surface area contributed by atoms with Crippen LogP contribution in [0.4, 0.5) is 0 Å². The van der Waals surface area contributed by atoms with Crippen molar-refractivity contribution >= 4 is 10.9 Å². The fourth-order valence-corrected chi connectivity index (χ4v) is 4.52. The zero-order valence-corrected chi connectivity index (χ0v) is 18.0. The zero-order chi connectivity index (χ0) is 20.5. The summed E-state index contributed by atoms with van der Waals surface area (Å²) in [5, 5.41) is 0.714. The maximum atomic E-state index is 13.4. The van der Waals surface area contributed by atoms with Crippen LogP contribution in [0.1, 0.15) is 38.1 Å². The van der Waals surface area contributed by atoms with Crippen LogP contribution in [-0.4, -0.2) is 33.6 Å². The minimum atomic E-state index is 0.0867. The van der Waals surface area contributed by atoms with Crippen LogP contribution >= 0.6 is 0 Å². The van der Waals surface area contributed by atoms with E-state index in [4.69, 9.17) is 4.98 Å². The molecule has 152 valence electrons. The Balaban J connectivity index is 1.70. The second-order valence-electron chi connectivity index (χ2n) is 8.77. The standard InChI is InChI=1S/C25H31N3O/c1-17(2)27-12-6-8-20(15-27)16-28-19(4)26-24-11-10-22(14-23(24)25(28)29)21-9-5-7-18(3)13-21/h5,7,9-11,13-14,17,20H,6,8,12,15-16H2,1-4H3/t20-/m0/s1. The van der Waals surface area contributed by atoms with Crippen LogP contribution in [0.25, 0.3) is 22.0 Å². The number of hydrogen-bond acceptors (Lipinski definition) is 3. The average molecular weight is 390 g/mol. The minimum absolute atomic E-state index is 0.0867. The molecule has 1 saturated heterocycles. The molecule has 1 aromatic heterocycles. The van der Waals surface area contributed by atoms with Gasteiger partial charge >= 0.3 is 0 Å². The Hall–Kier alpha value is -2.46. The number of rotatable bonds is 4. The molecule has 4 rings (SSSR count). The van der Waals surface area contributed by atoms with Gasteiger partial charge in [0.2, 0.25) is 0 Å². The average Bonchev–Trinajstić information content (AvgIpc) is 2.71. The smallest absolute Gasteiger partial charge is 0.261 e. The molecule has 0 saturated carbocycles. The highest BCUT2D eigenvalue weighted by Gasteiger charge is 2.23. The Bertz CT molecular complexity index is 1080. The number of aromatic nitrogens is 2. The number of benzene rings is 2. The molecule has 29 heavy (non-hydrogen) atoms. The summed E-state index contributed by atoms with van der Waals surface area (Å²) in [7, 11) is 0. The van der Waals surface area contributed by atoms with Gasteiger partial charge in [-0.25, -0.2) is 4.98 Å². The topological polar surface area (TPSA) is 38.1 Å². The molecule has 4 heteroatoms. The fourth-order valence-electron chi connectivity index (χ4n) is 4.52. The summed E-state index contributed by atoms with van der Waals surface area (Å²) in [6.07, 6.45) is 2.38. The van der Waals surface area contributed by atoms with E-state index in [9.17, 15) is 4.79 Å². The van der Waals surface area contributed by atoms with Crippen molar-refractivity contribution in [2.45, 2.75) is 53.1 Å². The Labute approximate surface area is 173 Å². The van der Waals surface area contributed by atoms with E-state index in [-0.39, 0.29) is 5.56 Å². The van der Waals surface area contributed by atoms with Crippen molar-refractivity contribution < 1.29 is 0 Å². The van der Waals surface area contributed by atoms with Gasteiger partial charge in [0.25, 0.3) is 5.56 Å². The number of nitrogens with zero attached hydrogens (tertiary/aromatic N) is 3. The Morgan fingerprint density at radius 2 is 1.90 bits per heavy atom. The molecular weight excluding hydrogens is 358 g/mol. The molecule has 1 aliphatic heterocycles. The van der Waals surface area contributed by atoms with Gasteiger partial charge < -0.3 is 4.90 Å².